The molecule has 25 heavy (non-hydrogen) atoms. The van der Waals surface area contributed by atoms with E-state index in [4.69, 9.17) is 9.47 Å². The maximum atomic E-state index is 13.1. The summed E-state index contributed by atoms with van der Waals surface area (Å²) in [5.74, 6) is 0.294. The second kappa shape index (κ2) is 7.67. The summed E-state index contributed by atoms with van der Waals surface area (Å²) in [6.07, 6.45) is 0. The number of rotatable bonds is 7. The summed E-state index contributed by atoms with van der Waals surface area (Å²) in [7, 11) is 1.45. The number of benzene rings is 1. The van der Waals surface area contributed by atoms with Crippen LogP contribution in [-0.4, -0.2) is 52.6 Å². The molecule has 0 spiro atoms. The molecule has 3 aromatic rings. The van der Waals surface area contributed by atoms with Crippen LogP contribution in [-0.2, 0) is 9.53 Å². The number of nitrogens with one attached hydrogen (secondary N) is 1. The summed E-state index contributed by atoms with van der Waals surface area (Å²) in [5, 5.41) is 15.1. The standard InChI is InChI=1S/C16H16FN5O3/c1-24-10-14(23)18-8-9-25-15-7-6-13-19-20-16(22(13)21-15)11-2-4-12(17)5-3-11/h2-7H,8-10H2,1H3,(H,18,23). The SMILES string of the molecule is COCC(=O)NCCOc1ccc2nnc(-c3ccc(F)cc3)n2n1. The summed E-state index contributed by atoms with van der Waals surface area (Å²) in [6, 6.07) is 9.28. The molecule has 2 aromatic heterocycles. The van der Waals surface area contributed by atoms with Crippen molar-refractivity contribution in [3.05, 3.63) is 42.2 Å². The highest BCUT2D eigenvalue weighted by molar-refractivity contribution is 5.77. The number of amides is 1. The zero-order chi connectivity index (χ0) is 17.6. The van der Waals surface area contributed by atoms with Crippen LogP contribution < -0.4 is 10.1 Å². The molecule has 8 nitrogen and oxygen atoms in total. The average Bonchev–Trinajstić information content (AvgIpc) is 3.03. The van der Waals surface area contributed by atoms with Crippen LogP contribution in [0.4, 0.5) is 4.39 Å². The molecule has 2 heterocycles. The van der Waals surface area contributed by atoms with E-state index in [1.54, 1.807) is 24.3 Å². The summed E-state index contributed by atoms with van der Waals surface area (Å²) < 4.78 is 24.8. The molecular formula is C16H16FN5O3. The Bertz CT molecular complexity index is 866. The van der Waals surface area contributed by atoms with Gasteiger partial charge in [-0.1, -0.05) is 0 Å². The molecule has 1 aromatic carbocycles. The van der Waals surface area contributed by atoms with Gasteiger partial charge in [0, 0.05) is 18.7 Å². The molecule has 0 unspecified atom stereocenters. The molecular weight excluding hydrogens is 329 g/mol. The first-order chi connectivity index (χ1) is 12.2. The van der Waals surface area contributed by atoms with Gasteiger partial charge in [-0.05, 0) is 30.3 Å². The van der Waals surface area contributed by atoms with E-state index in [1.807, 2.05) is 0 Å². The van der Waals surface area contributed by atoms with E-state index >= 15 is 0 Å². The van der Waals surface area contributed by atoms with Gasteiger partial charge >= 0.3 is 0 Å². The number of fused-ring (bicyclic) bond motifs is 1. The van der Waals surface area contributed by atoms with E-state index in [0.717, 1.165) is 0 Å². The monoisotopic (exact) mass is 345 g/mol. The fourth-order valence-corrected chi connectivity index (χ4v) is 2.16. The maximum Gasteiger partial charge on any atom is 0.246 e. The second-order valence-electron chi connectivity index (χ2n) is 5.10. The lowest BCUT2D eigenvalue weighted by atomic mass is 10.2. The Morgan fingerprint density at radius 2 is 2.00 bits per heavy atom. The van der Waals surface area contributed by atoms with E-state index in [-0.39, 0.29) is 24.9 Å². The van der Waals surface area contributed by atoms with E-state index in [1.165, 1.54) is 23.8 Å². The molecule has 0 atom stereocenters. The fraction of sp³-hybridized carbons (Fsp3) is 0.250. The Kier molecular flexibility index (Phi) is 5.14. The van der Waals surface area contributed by atoms with Gasteiger partial charge in [0.25, 0.3) is 0 Å². The van der Waals surface area contributed by atoms with E-state index in [2.05, 4.69) is 20.6 Å². The zero-order valence-electron chi connectivity index (χ0n) is 13.5. The maximum absolute atomic E-state index is 13.1. The molecule has 1 N–H and O–H groups in total. The van der Waals surface area contributed by atoms with Crippen LogP contribution >= 0.6 is 0 Å². The van der Waals surface area contributed by atoms with Gasteiger partial charge in [0.15, 0.2) is 11.5 Å². The smallest absolute Gasteiger partial charge is 0.246 e. The van der Waals surface area contributed by atoms with Crippen LogP contribution in [0.5, 0.6) is 5.88 Å². The summed E-state index contributed by atoms with van der Waals surface area (Å²) in [5.41, 5.74) is 1.23. The zero-order valence-corrected chi connectivity index (χ0v) is 13.5. The molecule has 0 radical (unpaired) electrons. The molecule has 0 fully saturated rings. The normalized spacial score (nSPS) is 10.8. The molecule has 0 saturated carbocycles. The van der Waals surface area contributed by atoms with Crippen molar-refractivity contribution in [2.75, 3.05) is 26.9 Å². The molecule has 9 heteroatoms. The van der Waals surface area contributed by atoms with Crippen molar-refractivity contribution < 1.29 is 18.7 Å². The van der Waals surface area contributed by atoms with Gasteiger partial charge < -0.3 is 14.8 Å². The van der Waals surface area contributed by atoms with Crippen LogP contribution in [0.3, 0.4) is 0 Å². The molecule has 0 aliphatic heterocycles. The molecule has 0 aliphatic rings. The Hall–Kier alpha value is -3.07. The number of halogens is 1. The number of methoxy groups -OCH3 is 1. The highest BCUT2D eigenvalue weighted by Gasteiger charge is 2.10. The lowest BCUT2D eigenvalue weighted by Gasteiger charge is -2.07. The predicted octanol–water partition coefficient (Wildman–Crippen LogP) is 1.07. The average molecular weight is 345 g/mol. The van der Waals surface area contributed by atoms with Crippen molar-refractivity contribution in [3.63, 3.8) is 0 Å². The third-order valence-electron chi connectivity index (χ3n) is 3.29. The van der Waals surface area contributed by atoms with Crippen LogP contribution in [0.2, 0.25) is 0 Å². The minimum atomic E-state index is -0.329. The van der Waals surface area contributed by atoms with Crippen LogP contribution in [0.1, 0.15) is 0 Å². The Morgan fingerprint density at radius 3 is 2.76 bits per heavy atom. The molecule has 0 saturated heterocycles. The van der Waals surface area contributed by atoms with E-state index < -0.39 is 0 Å². The number of carbonyl (C=O) groups excluding carboxylic acids is 1. The third-order valence-corrected chi connectivity index (χ3v) is 3.29. The lowest BCUT2D eigenvalue weighted by molar-refractivity contribution is -0.124. The largest absolute Gasteiger partial charge is 0.475 e. The minimum Gasteiger partial charge on any atom is -0.475 e. The van der Waals surface area contributed by atoms with Gasteiger partial charge in [0.1, 0.15) is 19.0 Å². The number of hydrogen-bond donors (Lipinski definition) is 1. The predicted molar refractivity (Wildman–Crippen MR) is 86.6 cm³/mol. The van der Waals surface area contributed by atoms with Gasteiger partial charge in [-0.25, -0.2) is 4.39 Å². The summed E-state index contributed by atoms with van der Waals surface area (Å²) in [6.45, 7) is 0.586. The van der Waals surface area contributed by atoms with Crippen molar-refractivity contribution in [2.24, 2.45) is 0 Å². The van der Waals surface area contributed by atoms with Crippen molar-refractivity contribution in [3.8, 4) is 17.3 Å². The molecule has 0 aliphatic carbocycles. The third kappa shape index (κ3) is 4.07. The molecule has 1 amide bonds. The Labute approximate surface area is 142 Å². The van der Waals surface area contributed by atoms with Gasteiger partial charge in [0.2, 0.25) is 11.8 Å². The van der Waals surface area contributed by atoms with Crippen LogP contribution in [0, 0.1) is 5.82 Å². The lowest BCUT2D eigenvalue weighted by Crippen LogP contribution is -2.31. The molecule has 0 bridgehead atoms. The van der Waals surface area contributed by atoms with E-state index in [0.29, 0.717) is 29.5 Å². The first kappa shape index (κ1) is 16.8. The topological polar surface area (TPSA) is 90.6 Å². The number of hydrogen-bond acceptors (Lipinski definition) is 6. The summed E-state index contributed by atoms with van der Waals surface area (Å²) >= 11 is 0. The minimum absolute atomic E-state index is 0.00590. The van der Waals surface area contributed by atoms with Crippen molar-refractivity contribution in [1.82, 2.24) is 25.1 Å². The highest BCUT2D eigenvalue weighted by atomic mass is 19.1. The number of ether oxygens (including phenoxy) is 2. The first-order valence-corrected chi connectivity index (χ1v) is 7.54. The summed E-state index contributed by atoms with van der Waals surface area (Å²) in [4.78, 5) is 11.3. The van der Waals surface area contributed by atoms with Crippen molar-refractivity contribution >= 4 is 11.6 Å². The van der Waals surface area contributed by atoms with Crippen LogP contribution in [0.25, 0.3) is 17.0 Å². The second-order valence-corrected chi connectivity index (χ2v) is 5.10. The number of aromatic nitrogens is 4. The first-order valence-electron chi connectivity index (χ1n) is 7.54. The molecule has 130 valence electrons. The highest BCUT2D eigenvalue weighted by Crippen LogP contribution is 2.19. The van der Waals surface area contributed by atoms with Crippen molar-refractivity contribution in [2.45, 2.75) is 0 Å². The number of carbonyl (C=O) groups is 1. The molecule has 3 rings (SSSR count). The number of nitrogens with zero attached hydrogens (tertiary/aromatic N) is 4. The van der Waals surface area contributed by atoms with Gasteiger partial charge in [-0.3, -0.25) is 4.79 Å². The van der Waals surface area contributed by atoms with Crippen LogP contribution in [0.15, 0.2) is 36.4 Å². The Balaban J connectivity index is 1.70. The van der Waals surface area contributed by atoms with Gasteiger partial charge in [-0.2, -0.15) is 4.52 Å². The van der Waals surface area contributed by atoms with Crippen molar-refractivity contribution in [1.29, 1.82) is 0 Å². The quantitative estimate of drug-likeness (QED) is 0.644. The van der Waals surface area contributed by atoms with Gasteiger partial charge in [0.05, 0.1) is 6.54 Å². The van der Waals surface area contributed by atoms with Gasteiger partial charge in [-0.15, -0.1) is 15.3 Å². The Morgan fingerprint density at radius 1 is 1.20 bits per heavy atom. The van der Waals surface area contributed by atoms with E-state index in [9.17, 15) is 9.18 Å². The fourth-order valence-electron chi connectivity index (χ4n) is 2.16.